The first-order chi connectivity index (χ1) is 15.3. The Morgan fingerprint density at radius 2 is 1.75 bits per heavy atom. The largest absolute Gasteiger partial charge is 0.483 e. The first kappa shape index (κ1) is 23.8. The van der Waals surface area contributed by atoms with E-state index in [1.165, 1.54) is 6.42 Å². The van der Waals surface area contributed by atoms with Crippen LogP contribution in [0.1, 0.15) is 61.3 Å². The van der Waals surface area contributed by atoms with Crippen molar-refractivity contribution in [1.82, 2.24) is 10.2 Å². The molecular formula is C27H36N2O3. The number of hydrogen-bond donors (Lipinski definition) is 1. The van der Waals surface area contributed by atoms with Gasteiger partial charge in [0.05, 0.1) is 0 Å². The lowest BCUT2D eigenvalue weighted by molar-refractivity contribution is -0.142. The maximum atomic E-state index is 13.3. The van der Waals surface area contributed by atoms with Gasteiger partial charge in [-0.3, -0.25) is 9.59 Å². The zero-order valence-corrected chi connectivity index (χ0v) is 19.8. The van der Waals surface area contributed by atoms with Gasteiger partial charge in [0.1, 0.15) is 11.8 Å². The van der Waals surface area contributed by atoms with Crippen LogP contribution in [0.3, 0.4) is 0 Å². The highest BCUT2D eigenvalue weighted by Gasteiger charge is 2.28. The Labute approximate surface area is 192 Å². The van der Waals surface area contributed by atoms with Gasteiger partial charge in [-0.25, -0.2) is 0 Å². The smallest absolute Gasteiger partial charge is 0.261 e. The van der Waals surface area contributed by atoms with E-state index in [0.29, 0.717) is 12.3 Å². The highest BCUT2D eigenvalue weighted by Crippen LogP contribution is 2.21. The summed E-state index contributed by atoms with van der Waals surface area (Å²) < 4.78 is 5.86. The van der Waals surface area contributed by atoms with E-state index in [0.717, 1.165) is 47.9 Å². The minimum absolute atomic E-state index is 0.0923. The van der Waals surface area contributed by atoms with Gasteiger partial charge in [0.15, 0.2) is 6.61 Å². The summed E-state index contributed by atoms with van der Waals surface area (Å²) in [6.45, 7) is 8.11. The van der Waals surface area contributed by atoms with Gasteiger partial charge in [-0.2, -0.15) is 0 Å². The summed E-state index contributed by atoms with van der Waals surface area (Å²) in [6.07, 6.45) is 5.56. The molecule has 1 saturated carbocycles. The van der Waals surface area contributed by atoms with Crippen LogP contribution in [0.4, 0.5) is 0 Å². The first-order valence-corrected chi connectivity index (χ1v) is 11.7. The summed E-state index contributed by atoms with van der Waals surface area (Å²) in [5.74, 6) is 0.406. The summed E-state index contributed by atoms with van der Waals surface area (Å²) in [4.78, 5) is 28.0. The summed E-state index contributed by atoms with van der Waals surface area (Å²) in [7, 11) is 0. The maximum Gasteiger partial charge on any atom is 0.261 e. The van der Waals surface area contributed by atoms with Gasteiger partial charge >= 0.3 is 0 Å². The number of hydrogen-bond acceptors (Lipinski definition) is 3. The van der Waals surface area contributed by atoms with Crippen molar-refractivity contribution in [2.24, 2.45) is 0 Å². The van der Waals surface area contributed by atoms with E-state index in [1.807, 2.05) is 70.2 Å². The number of nitrogens with zero attached hydrogens (tertiary/aromatic N) is 1. The second-order valence-corrected chi connectivity index (χ2v) is 9.03. The molecule has 5 nitrogen and oxygen atoms in total. The Balaban J connectivity index is 1.73. The molecule has 3 rings (SSSR count). The molecule has 1 fully saturated rings. The number of benzene rings is 2. The molecule has 1 aliphatic carbocycles. The lowest BCUT2D eigenvalue weighted by atomic mass is 9.95. The van der Waals surface area contributed by atoms with Gasteiger partial charge in [0, 0.05) is 12.6 Å². The van der Waals surface area contributed by atoms with E-state index in [9.17, 15) is 9.59 Å². The molecule has 1 atom stereocenters. The molecule has 172 valence electrons. The second kappa shape index (κ2) is 11.2. The number of rotatable bonds is 8. The molecule has 32 heavy (non-hydrogen) atoms. The molecule has 0 radical (unpaired) electrons. The monoisotopic (exact) mass is 436 g/mol. The molecule has 0 aromatic heterocycles. The fourth-order valence-electron chi connectivity index (χ4n) is 4.31. The molecule has 0 unspecified atom stereocenters. The predicted molar refractivity (Wildman–Crippen MR) is 128 cm³/mol. The van der Waals surface area contributed by atoms with Crippen molar-refractivity contribution in [3.05, 3.63) is 64.7 Å². The quantitative estimate of drug-likeness (QED) is 0.643. The number of aryl methyl sites for hydroxylation is 3. The van der Waals surface area contributed by atoms with Crippen molar-refractivity contribution in [2.45, 2.75) is 78.4 Å². The third-order valence-corrected chi connectivity index (χ3v) is 6.40. The number of carbonyl (C=O) groups excluding carboxylic acids is 2. The van der Waals surface area contributed by atoms with Crippen molar-refractivity contribution >= 4 is 11.8 Å². The minimum Gasteiger partial charge on any atom is -0.483 e. The number of amides is 2. The van der Waals surface area contributed by atoms with E-state index in [-0.39, 0.29) is 24.5 Å². The van der Waals surface area contributed by atoms with Crippen LogP contribution in [0, 0.1) is 20.8 Å². The van der Waals surface area contributed by atoms with Crippen LogP contribution in [0.5, 0.6) is 5.75 Å². The van der Waals surface area contributed by atoms with E-state index in [4.69, 9.17) is 4.74 Å². The summed E-state index contributed by atoms with van der Waals surface area (Å²) in [6, 6.07) is 13.5. The van der Waals surface area contributed by atoms with Crippen LogP contribution in [-0.2, 0) is 16.1 Å². The van der Waals surface area contributed by atoms with Crippen molar-refractivity contribution in [2.75, 3.05) is 6.61 Å². The van der Waals surface area contributed by atoms with Gasteiger partial charge in [-0.05, 0) is 63.3 Å². The predicted octanol–water partition coefficient (Wildman–Crippen LogP) is 4.86. The molecule has 2 aromatic rings. The molecule has 1 N–H and O–H groups in total. The van der Waals surface area contributed by atoms with Crippen molar-refractivity contribution in [1.29, 1.82) is 0 Å². The normalized spacial score (nSPS) is 15.1. The molecule has 0 bridgehead atoms. The number of ether oxygens (including phenoxy) is 1. The van der Waals surface area contributed by atoms with Crippen LogP contribution in [0.2, 0.25) is 0 Å². The number of carbonyl (C=O) groups is 2. The van der Waals surface area contributed by atoms with E-state index >= 15 is 0 Å². The highest BCUT2D eigenvalue weighted by molar-refractivity contribution is 5.88. The first-order valence-electron chi connectivity index (χ1n) is 11.7. The van der Waals surface area contributed by atoms with E-state index in [2.05, 4.69) is 5.32 Å². The zero-order chi connectivity index (χ0) is 23.1. The van der Waals surface area contributed by atoms with Crippen molar-refractivity contribution in [3.63, 3.8) is 0 Å². The zero-order valence-electron chi connectivity index (χ0n) is 19.8. The van der Waals surface area contributed by atoms with E-state index < -0.39 is 6.04 Å². The maximum absolute atomic E-state index is 13.3. The van der Waals surface area contributed by atoms with Gasteiger partial charge in [-0.15, -0.1) is 0 Å². The fraction of sp³-hybridized carbons (Fsp3) is 0.481. The summed E-state index contributed by atoms with van der Waals surface area (Å²) >= 11 is 0. The van der Waals surface area contributed by atoms with Crippen molar-refractivity contribution < 1.29 is 14.3 Å². The van der Waals surface area contributed by atoms with E-state index in [1.54, 1.807) is 4.90 Å². The molecule has 0 spiro atoms. The van der Waals surface area contributed by atoms with Crippen molar-refractivity contribution in [3.8, 4) is 5.75 Å². The Kier molecular flexibility index (Phi) is 8.32. The highest BCUT2D eigenvalue weighted by atomic mass is 16.5. The van der Waals surface area contributed by atoms with Gasteiger partial charge in [0.25, 0.3) is 5.91 Å². The van der Waals surface area contributed by atoms with Crippen LogP contribution in [-0.4, -0.2) is 35.4 Å². The SMILES string of the molecule is Cc1ccc(OCC(=O)N(Cc2ccccc2C)[C@@H](C)C(=O)NC2CCCCC2)c(C)c1. The van der Waals surface area contributed by atoms with Crippen LogP contribution < -0.4 is 10.1 Å². The third kappa shape index (κ3) is 6.35. The molecule has 5 heteroatoms. The standard InChI is InChI=1S/C27H36N2O3/c1-19-14-15-25(21(3)16-19)32-18-26(30)29(17-23-11-9-8-10-20(23)2)22(4)27(31)28-24-12-6-5-7-13-24/h8-11,14-16,22,24H,5-7,12-13,17-18H2,1-4H3,(H,28,31)/t22-/m0/s1. The van der Waals surface area contributed by atoms with Gasteiger partial charge in [-0.1, -0.05) is 61.2 Å². The lowest BCUT2D eigenvalue weighted by Gasteiger charge is -2.31. The summed E-state index contributed by atoms with van der Waals surface area (Å²) in [5, 5.41) is 3.17. The molecule has 0 aliphatic heterocycles. The Morgan fingerprint density at radius 3 is 2.44 bits per heavy atom. The fourth-order valence-corrected chi connectivity index (χ4v) is 4.31. The Morgan fingerprint density at radius 1 is 1.03 bits per heavy atom. The Hall–Kier alpha value is -2.82. The van der Waals surface area contributed by atoms with Crippen LogP contribution in [0.15, 0.2) is 42.5 Å². The molecular weight excluding hydrogens is 400 g/mol. The molecule has 2 aromatic carbocycles. The summed E-state index contributed by atoms with van der Waals surface area (Å²) in [5.41, 5.74) is 4.27. The Bertz CT molecular complexity index is 934. The lowest BCUT2D eigenvalue weighted by Crippen LogP contribution is -2.51. The molecule has 0 saturated heterocycles. The average Bonchev–Trinajstić information content (AvgIpc) is 2.78. The van der Waals surface area contributed by atoms with Crippen LogP contribution in [0.25, 0.3) is 0 Å². The molecule has 2 amide bonds. The van der Waals surface area contributed by atoms with Gasteiger partial charge in [0.2, 0.25) is 5.91 Å². The average molecular weight is 437 g/mol. The minimum atomic E-state index is -0.577. The van der Waals surface area contributed by atoms with Gasteiger partial charge < -0.3 is 15.0 Å². The topological polar surface area (TPSA) is 58.6 Å². The molecule has 0 heterocycles. The van der Waals surface area contributed by atoms with Crippen LogP contribution >= 0.6 is 0 Å². The third-order valence-electron chi connectivity index (χ3n) is 6.40. The second-order valence-electron chi connectivity index (χ2n) is 9.03. The molecule has 1 aliphatic rings. The number of nitrogens with one attached hydrogen (secondary N) is 1.